The summed E-state index contributed by atoms with van der Waals surface area (Å²) in [5.41, 5.74) is 7.47. The van der Waals surface area contributed by atoms with Crippen LogP contribution >= 0.6 is 0 Å². The third kappa shape index (κ3) is 10.0. The van der Waals surface area contributed by atoms with E-state index in [0.717, 1.165) is 50.4 Å². The van der Waals surface area contributed by atoms with Crippen molar-refractivity contribution in [3.63, 3.8) is 0 Å². The minimum Gasteiger partial charge on any atom is -0.383 e. The first-order valence-corrected chi connectivity index (χ1v) is 13.4. The third-order valence-corrected chi connectivity index (χ3v) is 6.43. The first kappa shape index (κ1) is 30.0. The molecule has 2 rings (SSSR count). The van der Waals surface area contributed by atoms with Crippen molar-refractivity contribution in [1.82, 2.24) is 20.0 Å². The van der Waals surface area contributed by atoms with Crippen LogP contribution in [-0.4, -0.2) is 83.2 Å². The van der Waals surface area contributed by atoms with E-state index in [9.17, 15) is 0 Å². The van der Waals surface area contributed by atoms with E-state index < -0.39 is 0 Å². The van der Waals surface area contributed by atoms with Gasteiger partial charge in [-0.25, -0.2) is 0 Å². The monoisotopic (exact) mass is 503 g/mol. The highest BCUT2D eigenvalue weighted by Gasteiger charge is 2.08. The van der Waals surface area contributed by atoms with E-state index >= 15 is 0 Å². The van der Waals surface area contributed by atoms with E-state index in [-0.39, 0.29) is 0 Å². The van der Waals surface area contributed by atoms with Gasteiger partial charge in [-0.2, -0.15) is 0 Å². The van der Waals surface area contributed by atoms with E-state index in [1.165, 1.54) is 27.9 Å². The maximum atomic E-state index is 4.01. The van der Waals surface area contributed by atoms with Crippen molar-refractivity contribution in [3.05, 3.63) is 89.4 Å². The van der Waals surface area contributed by atoms with Crippen molar-refractivity contribution in [2.75, 3.05) is 73.4 Å². The molecule has 0 aliphatic rings. The number of rotatable bonds is 15. The van der Waals surface area contributed by atoms with Crippen LogP contribution < -0.4 is 10.2 Å². The summed E-state index contributed by atoms with van der Waals surface area (Å²) in [5.74, 6) is 1.12. The first-order chi connectivity index (χ1) is 17.6. The van der Waals surface area contributed by atoms with Crippen molar-refractivity contribution < 1.29 is 0 Å². The zero-order chi connectivity index (χ0) is 27.4. The predicted octanol–water partition coefficient (Wildman–Crippen LogP) is 5.55. The highest BCUT2D eigenvalue weighted by molar-refractivity contribution is 5.75. The molecule has 1 N–H and O–H groups in total. The molecule has 0 saturated carbocycles. The van der Waals surface area contributed by atoms with Gasteiger partial charge in [-0.05, 0) is 92.9 Å². The summed E-state index contributed by atoms with van der Waals surface area (Å²) in [4.78, 5) is 8.90. The van der Waals surface area contributed by atoms with E-state index in [1.807, 2.05) is 20.2 Å². The minimum atomic E-state index is 0.920. The summed E-state index contributed by atoms with van der Waals surface area (Å²) in [6, 6.07) is 15.6. The number of hydrogen-bond acceptors (Lipinski definition) is 5. The minimum absolute atomic E-state index is 0.920. The Labute approximate surface area is 226 Å². The summed E-state index contributed by atoms with van der Waals surface area (Å²) in [6.07, 6.45) is 8.40. The molecule has 0 aliphatic carbocycles. The van der Waals surface area contributed by atoms with Gasteiger partial charge in [-0.3, -0.25) is 0 Å². The fourth-order valence-electron chi connectivity index (χ4n) is 4.19. The average molecular weight is 504 g/mol. The van der Waals surface area contributed by atoms with E-state index in [1.54, 1.807) is 0 Å². The van der Waals surface area contributed by atoms with Crippen molar-refractivity contribution in [1.29, 1.82) is 0 Å². The summed E-state index contributed by atoms with van der Waals surface area (Å²) < 4.78 is 0. The number of allylic oxidation sites excluding steroid dienone is 2. The molecule has 0 atom stereocenters. The number of nitrogens with zero attached hydrogens (tertiary/aromatic N) is 4. The SMILES string of the molecule is C=C/C(=C\N(C)C)c1ccc(C)c(/C=C(/NCCCc2cccc(N(CC)CCN(C)C)c2)N(C)C)c1. The third-order valence-electron chi connectivity index (χ3n) is 6.43. The largest absolute Gasteiger partial charge is 0.383 e. The molecule has 5 heteroatoms. The van der Waals surface area contributed by atoms with Gasteiger partial charge in [0.2, 0.25) is 0 Å². The van der Waals surface area contributed by atoms with E-state index in [2.05, 4.69) is 128 Å². The molecule has 5 nitrogen and oxygen atoms in total. The second-order valence-electron chi connectivity index (χ2n) is 10.3. The maximum Gasteiger partial charge on any atom is 0.101 e. The van der Waals surface area contributed by atoms with Gasteiger partial charge in [0.1, 0.15) is 5.82 Å². The van der Waals surface area contributed by atoms with Crippen LogP contribution in [-0.2, 0) is 6.42 Å². The molecular weight excluding hydrogens is 454 g/mol. The second kappa shape index (κ2) is 15.2. The van der Waals surface area contributed by atoms with Gasteiger partial charge in [-0.1, -0.05) is 36.9 Å². The predicted molar refractivity (Wildman–Crippen MR) is 164 cm³/mol. The lowest BCUT2D eigenvalue weighted by molar-refractivity contribution is 0.414. The van der Waals surface area contributed by atoms with Gasteiger partial charge in [0, 0.05) is 66.3 Å². The fourth-order valence-corrected chi connectivity index (χ4v) is 4.19. The Hall–Kier alpha value is -3.18. The number of hydrogen-bond donors (Lipinski definition) is 1. The van der Waals surface area contributed by atoms with Crippen LogP contribution in [0, 0.1) is 6.92 Å². The van der Waals surface area contributed by atoms with Gasteiger partial charge < -0.3 is 24.9 Å². The molecule has 0 bridgehead atoms. The lowest BCUT2D eigenvalue weighted by Gasteiger charge is -2.25. The molecule has 202 valence electrons. The van der Waals surface area contributed by atoms with Crippen LogP contribution in [0.1, 0.15) is 35.6 Å². The maximum absolute atomic E-state index is 4.01. The zero-order valence-electron chi connectivity index (χ0n) is 24.5. The Morgan fingerprint density at radius 2 is 1.73 bits per heavy atom. The Bertz CT molecular complexity index is 1050. The molecule has 0 radical (unpaired) electrons. The van der Waals surface area contributed by atoms with Crippen molar-refractivity contribution in [2.24, 2.45) is 0 Å². The standard InChI is InChI=1S/C32H49N5/c1-10-28(25-35(6)7)29-18-17-26(3)30(23-29)24-32(36(8)9)33-19-13-15-27-14-12-16-31(22-27)37(11-2)21-20-34(4)5/h10,12,14,16-18,22-25,33H,1,11,13,15,19-21H2,2-9H3/b28-25+,32-24-. The molecule has 0 fully saturated rings. The van der Waals surface area contributed by atoms with E-state index in [0.29, 0.717) is 0 Å². The number of aryl methyl sites for hydroxylation is 2. The van der Waals surface area contributed by atoms with Gasteiger partial charge in [0.05, 0.1) is 0 Å². The van der Waals surface area contributed by atoms with Crippen LogP contribution in [0.4, 0.5) is 5.69 Å². The van der Waals surface area contributed by atoms with Crippen molar-refractivity contribution >= 4 is 17.3 Å². The van der Waals surface area contributed by atoms with Crippen LogP contribution in [0.25, 0.3) is 11.6 Å². The van der Waals surface area contributed by atoms with Crippen molar-refractivity contribution in [2.45, 2.75) is 26.7 Å². The second-order valence-corrected chi connectivity index (χ2v) is 10.3. The molecule has 0 amide bonds. The summed E-state index contributed by atoms with van der Waals surface area (Å²) in [5, 5.41) is 3.67. The highest BCUT2D eigenvalue weighted by Crippen LogP contribution is 2.22. The Morgan fingerprint density at radius 1 is 0.973 bits per heavy atom. The number of anilines is 1. The Morgan fingerprint density at radius 3 is 2.35 bits per heavy atom. The molecule has 2 aromatic rings. The molecular formula is C32H49N5. The Balaban J connectivity index is 2.07. The quantitative estimate of drug-likeness (QED) is 0.254. The van der Waals surface area contributed by atoms with Crippen LogP contribution in [0.5, 0.6) is 0 Å². The van der Waals surface area contributed by atoms with Crippen LogP contribution in [0.3, 0.4) is 0 Å². The Kier molecular flexibility index (Phi) is 12.3. The van der Waals surface area contributed by atoms with Gasteiger partial charge >= 0.3 is 0 Å². The summed E-state index contributed by atoms with van der Waals surface area (Å²) >= 11 is 0. The van der Waals surface area contributed by atoms with Crippen LogP contribution in [0.15, 0.2) is 67.1 Å². The average Bonchev–Trinajstić information content (AvgIpc) is 2.85. The number of likely N-dealkylation sites (N-methyl/N-ethyl adjacent to an activating group) is 2. The molecule has 0 aromatic heterocycles. The van der Waals surface area contributed by atoms with Crippen molar-refractivity contribution in [3.8, 4) is 0 Å². The topological polar surface area (TPSA) is 25.0 Å². The fraction of sp³-hybridized carbons (Fsp3) is 0.438. The summed E-state index contributed by atoms with van der Waals surface area (Å²) in [6.45, 7) is 12.5. The normalized spacial score (nSPS) is 12.0. The molecule has 37 heavy (non-hydrogen) atoms. The lowest BCUT2D eigenvalue weighted by Crippen LogP contribution is -2.31. The molecule has 0 heterocycles. The number of nitrogens with one attached hydrogen (secondary N) is 1. The van der Waals surface area contributed by atoms with Gasteiger partial charge in [0.25, 0.3) is 0 Å². The summed E-state index contributed by atoms with van der Waals surface area (Å²) in [7, 11) is 12.5. The lowest BCUT2D eigenvalue weighted by atomic mass is 9.99. The first-order valence-electron chi connectivity index (χ1n) is 13.4. The van der Waals surface area contributed by atoms with Gasteiger partial charge in [0.15, 0.2) is 0 Å². The molecule has 0 saturated heterocycles. The van der Waals surface area contributed by atoms with Crippen LogP contribution in [0.2, 0.25) is 0 Å². The molecule has 2 aromatic carbocycles. The smallest absolute Gasteiger partial charge is 0.101 e. The number of benzene rings is 2. The zero-order valence-corrected chi connectivity index (χ0v) is 24.5. The molecule has 0 spiro atoms. The highest BCUT2D eigenvalue weighted by atomic mass is 15.2. The van der Waals surface area contributed by atoms with Gasteiger partial charge in [-0.15, -0.1) is 0 Å². The van der Waals surface area contributed by atoms with E-state index in [4.69, 9.17) is 0 Å². The molecule has 0 unspecified atom stereocenters. The molecule has 0 aliphatic heterocycles.